The third-order valence-electron chi connectivity index (χ3n) is 5.52. The summed E-state index contributed by atoms with van der Waals surface area (Å²) in [6, 6.07) is 28.5. The van der Waals surface area contributed by atoms with Gasteiger partial charge in [0.1, 0.15) is 5.75 Å². The summed E-state index contributed by atoms with van der Waals surface area (Å²) in [6.45, 7) is 0. The maximum atomic E-state index is 13.2. The summed E-state index contributed by atoms with van der Waals surface area (Å²) in [7, 11) is 0. The minimum Gasteiger partial charge on any atom is -0.422 e. The minimum absolute atomic E-state index is 0.126. The van der Waals surface area contributed by atoms with Gasteiger partial charge in [-0.15, -0.1) is 0 Å². The molecule has 0 atom stereocenters. The van der Waals surface area contributed by atoms with Crippen LogP contribution in [0.25, 0.3) is 0 Å². The summed E-state index contributed by atoms with van der Waals surface area (Å²) in [4.78, 5) is 36.0. The monoisotopic (exact) mass is 495 g/mol. The van der Waals surface area contributed by atoms with E-state index in [1.54, 1.807) is 78.9 Å². The Kier molecular flexibility index (Phi) is 7.46. The number of hydrogen-bond acceptors (Lipinski definition) is 7. The van der Waals surface area contributed by atoms with Crippen LogP contribution in [0.5, 0.6) is 5.75 Å². The van der Waals surface area contributed by atoms with E-state index < -0.39 is 22.4 Å². The highest BCUT2D eigenvalue weighted by atomic mass is 16.6. The van der Waals surface area contributed by atoms with E-state index in [9.17, 15) is 24.8 Å². The molecule has 9 nitrogen and oxygen atoms in total. The molecule has 0 aliphatic rings. The lowest BCUT2D eigenvalue weighted by Gasteiger charge is -2.27. The van der Waals surface area contributed by atoms with Gasteiger partial charge in [0.05, 0.1) is 16.7 Å². The molecule has 4 aromatic carbocycles. The molecule has 0 unspecified atom stereocenters. The Morgan fingerprint density at radius 3 is 1.95 bits per heavy atom. The van der Waals surface area contributed by atoms with Crippen LogP contribution >= 0.6 is 0 Å². The number of carbonyl (C=O) groups is 2. The van der Waals surface area contributed by atoms with Crippen molar-refractivity contribution < 1.29 is 24.4 Å². The van der Waals surface area contributed by atoms with Crippen molar-refractivity contribution in [1.29, 1.82) is 0 Å². The molecule has 9 heteroatoms. The third-order valence-corrected chi connectivity index (χ3v) is 5.52. The number of nitrogens with zero attached hydrogens (tertiary/aromatic N) is 2. The number of non-ortho nitro benzene ring substituents is 1. The van der Waals surface area contributed by atoms with Gasteiger partial charge in [0.15, 0.2) is 5.60 Å². The van der Waals surface area contributed by atoms with E-state index in [1.807, 2.05) is 0 Å². The molecule has 0 radical (unpaired) electrons. The molecule has 1 amide bonds. The summed E-state index contributed by atoms with van der Waals surface area (Å²) in [6.07, 6.45) is 1.28. The van der Waals surface area contributed by atoms with Crippen LogP contribution in [-0.2, 0) is 10.4 Å². The van der Waals surface area contributed by atoms with Crippen LogP contribution in [0, 0.1) is 10.1 Å². The molecule has 0 aromatic heterocycles. The zero-order valence-electron chi connectivity index (χ0n) is 19.4. The zero-order chi connectivity index (χ0) is 26.3. The Hall–Kier alpha value is -5.15. The Labute approximate surface area is 211 Å². The number of nitro benzene ring substituents is 1. The van der Waals surface area contributed by atoms with Gasteiger partial charge < -0.3 is 9.84 Å². The molecule has 4 aromatic rings. The molecule has 2 N–H and O–H groups in total. The van der Waals surface area contributed by atoms with Crippen molar-refractivity contribution in [1.82, 2.24) is 5.43 Å². The van der Waals surface area contributed by atoms with Gasteiger partial charge in [0.25, 0.3) is 11.6 Å². The second-order valence-corrected chi connectivity index (χ2v) is 7.87. The molecule has 4 rings (SSSR count). The number of nitro groups is 1. The van der Waals surface area contributed by atoms with E-state index in [4.69, 9.17) is 4.74 Å². The lowest BCUT2D eigenvalue weighted by Crippen LogP contribution is -2.43. The molecule has 0 saturated heterocycles. The number of rotatable bonds is 8. The van der Waals surface area contributed by atoms with Crippen LogP contribution in [0.2, 0.25) is 0 Å². The van der Waals surface area contributed by atoms with Gasteiger partial charge in [-0.2, -0.15) is 5.10 Å². The first-order valence-electron chi connectivity index (χ1n) is 11.1. The number of ether oxygens (including phenoxy) is 1. The van der Waals surface area contributed by atoms with E-state index in [0.29, 0.717) is 16.7 Å². The number of amides is 1. The van der Waals surface area contributed by atoms with Crippen LogP contribution < -0.4 is 10.2 Å². The van der Waals surface area contributed by atoms with Crippen LogP contribution in [0.4, 0.5) is 5.69 Å². The molecule has 0 heterocycles. The van der Waals surface area contributed by atoms with Gasteiger partial charge in [-0.05, 0) is 35.4 Å². The normalized spacial score (nSPS) is 11.2. The number of aliphatic hydroxyl groups is 1. The molecular formula is C28H21N3O6. The van der Waals surface area contributed by atoms with E-state index in [1.165, 1.54) is 36.5 Å². The molecule has 0 fully saturated rings. The number of carbonyl (C=O) groups excluding carboxylic acids is 2. The summed E-state index contributed by atoms with van der Waals surface area (Å²) in [5, 5.41) is 26.3. The van der Waals surface area contributed by atoms with E-state index in [0.717, 1.165) is 0 Å². The molecule has 37 heavy (non-hydrogen) atoms. The van der Waals surface area contributed by atoms with Gasteiger partial charge in [0, 0.05) is 17.7 Å². The van der Waals surface area contributed by atoms with Crippen LogP contribution in [-0.4, -0.2) is 28.1 Å². The molecule has 0 bridgehead atoms. The Morgan fingerprint density at radius 2 is 1.38 bits per heavy atom. The SMILES string of the molecule is O=C(Oc1ccccc1C=NNC(=O)C(O)(c1ccccc1)c1ccccc1)c1ccc([N+](=O)[O-])cc1. The first kappa shape index (κ1) is 25.0. The average molecular weight is 495 g/mol. The van der Waals surface area contributed by atoms with Crippen molar-refractivity contribution in [3.8, 4) is 5.75 Å². The number of hydrogen-bond donors (Lipinski definition) is 2. The topological polar surface area (TPSA) is 131 Å². The van der Waals surface area contributed by atoms with Crippen molar-refractivity contribution in [2.45, 2.75) is 5.60 Å². The van der Waals surface area contributed by atoms with Gasteiger partial charge in [-0.1, -0.05) is 72.8 Å². The van der Waals surface area contributed by atoms with E-state index in [-0.39, 0.29) is 17.0 Å². The Bertz CT molecular complexity index is 1400. The Morgan fingerprint density at radius 1 is 0.838 bits per heavy atom. The number of nitrogens with one attached hydrogen (secondary N) is 1. The molecule has 0 spiro atoms. The fourth-order valence-corrected chi connectivity index (χ4v) is 3.59. The summed E-state index contributed by atoms with van der Waals surface area (Å²) in [5.74, 6) is -1.34. The summed E-state index contributed by atoms with van der Waals surface area (Å²) >= 11 is 0. The first-order chi connectivity index (χ1) is 17.9. The molecule has 0 saturated carbocycles. The van der Waals surface area contributed by atoms with Gasteiger partial charge in [-0.3, -0.25) is 14.9 Å². The smallest absolute Gasteiger partial charge is 0.343 e. The zero-order valence-corrected chi connectivity index (χ0v) is 19.4. The van der Waals surface area contributed by atoms with Gasteiger partial charge in [0.2, 0.25) is 0 Å². The number of esters is 1. The van der Waals surface area contributed by atoms with Crippen molar-refractivity contribution in [2.75, 3.05) is 0 Å². The maximum Gasteiger partial charge on any atom is 0.343 e. The number of benzene rings is 4. The Balaban J connectivity index is 1.52. The first-order valence-corrected chi connectivity index (χ1v) is 11.1. The fraction of sp³-hybridized carbons (Fsp3) is 0.0357. The van der Waals surface area contributed by atoms with Gasteiger partial charge >= 0.3 is 5.97 Å². The lowest BCUT2D eigenvalue weighted by molar-refractivity contribution is -0.384. The summed E-state index contributed by atoms with van der Waals surface area (Å²) < 4.78 is 5.43. The van der Waals surface area contributed by atoms with Crippen molar-refractivity contribution in [3.05, 3.63) is 142 Å². The van der Waals surface area contributed by atoms with Gasteiger partial charge in [-0.25, -0.2) is 10.2 Å². The maximum absolute atomic E-state index is 13.2. The quantitative estimate of drug-likeness (QED) is 0.124. The predicted octanol–water partition coefficient (Wildman–Crippen LogP) is 4.20. The number of para-hydroxylation sites is 1. The highest BCUT2D eigenvalue weighted by Crippen LogP contribution is 2.30. The molecular weight excluding hydrogens is 474 g/mol. The highest BCUT2D eigenvalue weighted by molar-refractivity contribution is 5.94. The van der Waals surface area contributed by atoms with E-state index in [2.05, 4.69) is 10.5 Å². The second-order valence-electron chi connectivity index (χ2n) is 7.87. The fourth-order valence-electron chi connectivity index (χ4n) is 3.59. The summed E-state index contributed by atoms with van der Waals surface area (Å²) in [5.41, 5.74) is 1.46. The van der Waals surface area contributed by atoms with E-state index >= 15 is 0 Å². The van der Waals surface area contributed by atoms with Crippen molar-refractivity contribution in [2.24, 2.45) is 5.10 Å². The molecule has 0 aliphatic heterocycles. The standard InChI is InChI=1S/C28H21N3O6/c32-26(20-15-17-24(18-16-20)31(35)36)37-25-14-8-7-9-21(25)19-29-30-27(33)28(34,22-10-3-1-4-11-22)23-12-5-2-6-13-23/h1-19,34H,(H,30,33). The lowest BCUT2D eigenvalue weighted by atomic mass is 9.85. The third kappa shape index (κ3) is 5.58. The van der Waals surface area contributed by atoms with Crippen LogP contribution in [0.3, 0.4) is 0 Å². The van der Waals surface area contributed by atoms with Crippen molar-refractivity contribution in [3.63, 3.8) is 0 Å². The largest absolute Gasteiger partial charge is 0.422 e. The molecule has 0 aliphatic carbocycles. The second kappa shape index (κ2) is 11.1. The highest BCUT2D eigenvalue weighted by Gasteiger charge is 2.39. The van der Waals surface area contributed by atoms with Crippen molar-refractivity contribution >= 4 is 23.8 Å². The van der Waals surface area contributed by atoms with Crippen LogP contribution in [0.1, 0.15) is 27.0 Å². The minimum atomic E-state index is -2.00. The number of hydrazone groups is 1. The average Bonchev–Trinajstić information content (AvgIpc) is 2.94. The van der Waals surface area contributed by atoms with Crippen LogP contribution in [0.15, 0.2) is 114 Å². The molecule has 184 valence electrons. The predicted molar refractivity (Wildman–Crippen MR) is 136 cm³/mol.